The molecule has 0 aromatic carbocycles. The second-order valence-corrected chi connectivity index (χ2v) is 6.39. The lowest BCUT2D eigenvalue weighted by atomic mass is 9.75. The van der Waals surface area contributed by atoms with Crippen LogP contribution in [0.4, 0.5) is 0 Å². The molecule has 22 heavy (non-hydrogen) atoms. The van der Waals surface area contributed by atoms with Crippen LogP contribution in [0.2, 0.25) is 0 Å². The van der Waals surface area contributed by atoms with Crippen LogP contribution in [0.5, 0.6) is 0 Å². The number of ether oxygens (including phenoxy) is 2. The topological polar surface area (TPSA) is 52.6 Å². The first kappa shape index (κ1) is 17.2. The standard InChI is InChI=1S/C18H28O4/c1-21-18(20)10-5-3-2-4-8-14-15(9-6-7-13-19)17-12-11-16(14)22-17/h2,4,13-17H,3,5-12H2,1H3/b4-2-/t14-,15+,16-,17+/m1/s1. The Morgan fingerprint density at radius 3 is 2.64 bits per heavy atom. The van der Waals surface area contributed by atoms with Gasteiger partial charge in [-0.3, -0.25) is 4.79 Å². The van der Waals surface area contributed by atoms with Crippen molar-refractivity contribution in [1.29, 1.82) is 0 Å². The van der Waals surface area contributed by atoms with E-state index < -0.39 is 0 Å². The monoisotopic (exact) mass is 308 g/mol. The number of allylic oxidation sites excluding steroid dienone is 2. The minimum atomic E-state index is -0.134. The Bertz CT molecular complexity index is 391. The smallest absolute Gasteiger partial charge is 0.305 e. The first-order valence-electron chi connectivity index (χ1n) is 8.57. The highest BCUT2D eigenvalue weighted by Gasteiger charge is 2.47. The molecule has 124 valence electrons. The van der Waals surface area contributed by atoms with Crippen molar-refractivity contribution in [1.82, 2.24) is 0 Å². The first-order chi connectivity index (χ1) is 10.8. The van der Waals surface area contributed by atoms with Crippen LogP contribution in [0, 0.1) is 11.8 Å². The Hall–Kier alpha value is -1.16. The van der Waals surface area contributed by atoms with Crippen molar-refractivity contribution in [3.63, 3.8) is 0 Å². The summed E-state index contributed by atoms with van der Waals surface area (Å²) in [5, 5.41) is 0. The van der Waals surface area contributed by atoms with E-state index in [9.17, 15) is 9.59 Å². The molecule has 0 unspecified atom stereocenters. The largest absolute Gasteiger partial charge is 0.469 e. The van der Waals surface area contributed by atoms with Crippen LogP contribution in [-0.2, 0) is 19.1 Å². The van der Waals surface area contributed by atoms with Gasteiger partial charge >= 0.3 is 5.97 Å². The average Bonchev–Trinajstić information content (AvgIpc) is 3.12. The predicted octanol–water partition coefficient (Wildman–Crippen LogP) is 3.44. The van der Waals surface area contributed by atoms with Gasteiger partial charge in [-0.05, 0) is 56.8 Å². The summed E-state index contributed by atoms with van der Waals surface area (Å²) in [5.74, 6) is 1.10. The van der Waals surface area contributed by atoms with Gasteiger partial charge in [0.25, 0.3) is 0 Å². The van der Waals surface area contributed by atoms with Gasteiger partial charge in [0.2, 0.25) is 0 Å². The van der Waals surface area contributed by atoms with E-state index in [2.05, 4.69) is 16.9 Å². The number of rotatable bonds is 10. The Balaban J connectivity index is 1.70. The van der Waals surface area contributed by atoms with E-state index in [0.717, 1.165) is 38.4 Å². The van der Waals surface area contributed by atoms with E-state index in [4.69, 9.17) is 4.74 Å². The number of carbonyl (C=O) groups excluding carboxylic acids is 2. The summed E-state index contributed by atoms with van der Waals surface area (Å²) in [4.78, 5) is 21.5. The van der Waals surface area contributed by atoms with Gasteiger partial charge < -0.3 is 14.3 Å². The van der Waals surface area contributed by atoms with Crippen LogP contribution in [0.3, 0.4) is 0 Å². The van der Waals surface area contributed by atoms with Crippen molar-refractivity contribution in [2.45, 2.75) is 70.0 Å². The van der Waals surface area contributed by atoms with Crippen LogP contribution in [0.15, 0.2) is 12.2 Å². The zero-order valence-corrected chi connectivity index (χ0v) is 13.5. The van der Waals surface area contributed by atoms with Crippen molar-refractivity contribution >= 4 is 12.3 Å². The molecule has 0 aromatic rings. The summed E-state index contributed by atoms with van der Waals surface area (Å²) in [5.41, 5.74) is 0. The van der Waals surface area contributed by atoms with Crippen molar-refractivity contribution in [3.05, 3.63) is 12.2 Å². The van der Waals surface area contributed by atoms with Gasteiger partial charge in [0, 0.05) is 12.8 Å². The highest BCUT2D eigenvalue weighted by Crippen LogP contribution is 2.47. The van der Waals surface area contributed by atoms with Gasteiger partial charge in [-0.15, -0.1) is 0 Å². The zero-order chi connectivity index (χ0) is 15.8. The van der Waals surface area contributed by atoms with E-state index in [0.29, 0.717) is 36.9 Å². The van der Waals surface area contributed by atoms with Gasteiger partial charge in [-0.1, -0.05) is 12.2 Å². The summed E-state index contributed by atoms with van der Waals surface area (Å²) < 4.78 is 10.7. The molecule has 2 bridgehead atoms. The van der Waals surface area contributed by atoms with Crippen molar-refractivity contribution < 1.29 is 19.1 Å². The molecule has 4 nitrogen and oxygen atoms in total. The number of aldehydes is 1. The molecule has 2 rings (SSSR count). The molecule has 0 aliphatic carbocycles. The van der Waals surface area contributed by atoms with E-state index in [-0.39, 0.29) is 5.97 Å². The zero-order valence-electron chi connectivity index (χ0n) is 13.5. The lowest BCUT2D eigenvalue weighted by molar-refractivity contribution is -0.140. The second kappa shape index (κ2) is 9.09. The van der Waals surface area contributed by atoms with Gasteiger partial charge in [0.05, 0.1) is 19.3 Å². The minimum Gasteiger partial charge on any atom is -0.469 e. The molecular weight excluding hydrogens is 280 g/mol. The number of fused-ring (bicyclic) bond motifs is 2. The molecule has 2 saturated heterocycles. The first-order valence-corrected chi connectivity index (χ1v) is 8.57. The van der Waals surface area contributed by atoms with Crippen LogP contribution in [-0.4, -0.2) is 31.6 Å². The Kier molecular flexibility index (Phi) is 7.10. The van der Waals surface area contributed by atoms with Gasteiger partial charge in [-0.2, -0.15) is 0 Å². The maximum atomic E-state index is 11.0. The van der Waals surface area contributed by atoms with Gasteiger partial charge in [0.15, 0.2) is 0 Å². The SMILES string of the molecule is COC(=O)CCC/C=C\C[C@@H]1[C@H](CCCC=O)[C@@H]2CC[C@H]1O2. The summed E-state index contributed by atoms with van der Waals surface area (Å²) in [6.07, 6.45) is 14.8. The quantitative estimate of drug-likeness (QED) is 0.268. The molecule has 4 atom stereocenters. The van der Waals surface area contributed by atoms with E-state index in [1.54, 1.807) is 0 Å². The third kappa shape index (κ3) is 4.67. The van der Waals surface area contributed by atoms with Crippen molar-refractivity contribution in [3.8, 4) is 0 Å². The Labute approximate surface area is 133 Å². The lowest BCUT2D eigenvalue weighted by Gasteiger charge is -2.27. The van der Waals surface area contributed by atoms with Crippen molar-refractivity contribution in [2.24, 2.45) is 11.8 Å². The van der Waals surface area contributed by atoms with Crippen LogP contribution >= 0.6 is 0 Å². The van der Waals surface area contributed by atoms with E-state index in [1.807, 2.05) is 0 Å². The van der Waals surface area contributed by atoms with Gasteiger partial charge in [0.1, 0.15) is 6.29 Å². The lowest BCUT2D eigenvalue weighted by Crippen LogP contribution is -2.26. The molecule has 0 N–H and O–H groups in total. The average molecular weight is 308 g/mol. The minimum absolute atomic E-state index is 0.134. The van der Waals surface area contributed by atoms with Crippen LogP contribution in [0.1, 0.15) is 57.8 Å². The number of carbonyl (C=O) groups is 2. The van der Waals surface area contributed by atoms with E-state index >= 15 is 0 Å². The fourth-order valence-corrected chi connectivity index (χ4v) is 3.87. The molecular formula is C18H28O4. The maximum absolute atomic E-state index is 11.0. The highest BCUT2D eigenvalue weighted by molar-refractivity contribution is 5.69. The highest BCUT2D eigenvalue weighted by atomic mass is 16.5. The van der Waals surface area contributed by atoms with Gasteiger partial charge in [-0.25, -0.2) is 0 Å². The van der Waals surface area contributed by atoms with Crippen LogP contribution < -0.4 is 0 Å². The molecule has 2 fully saturated rings. The predicted molar refractivity (Wildman–Crippen MR) is 84.4 cm³/mol. The molecule has 0 radical (unpaired) electrons. The number of esters is 1. The fourth-order valence-electron chi connectivity index (χ4n) is 3.87. The normalized spacial score (nSPS) is 30.0. The Morgan fingerprint density at radius 2 is 1.91 bits per heavy atom. The third-order valence-corrected chi connectivity index (χ3v) is 5.00. The molecule has 0 amide bonds. The molecule has 0 spiro atoms. The number of hydrogen-bond donors (Lipinski definition) is 0. The summed E-state index contributed by atoms with van der Waals surface area (Å²) in [6, 6.07) is 0. The molecule has 0 saturated carbocycles. The number of hydrogen-bond acceptors (Lipinski definition) is 4. The summed E-state index contributed by atoms with van der Waals surface area (Å²) in [6.45, 7) is 0. The summed E-state index contributed by atoms with van der Waals surface area (Å²) >= 11 is 0. The van der Waals surface area contributed by atoms with E-state index in [1.165, 1.54) is 20.0 Å². The van der Waals surface area contributed by atoms with Crippen molar-refractivity contribution in [2.75, 3.05) is 7.11 Å². The molecule has 2 aliphatic rings. The molecule has 2 heterocycles. The third-order valence-electron chi connectivity index (χ3n) is 5.00. The molecule has 0 aromatic heterocycles. The molecule has 4 heteroatoms. The summed E-state index contributed by atoms with van der Waals surface area (Å²) in [7, 11) is 1.43. The maximum Gasteiger partial charge on any atom is 0.305 e. The number of unbranched alkanes of at least 4 members (excludes halogenated alkanes) is 2. The fraction of sp³-hybridized carbons (Fsp3) is 0.778. The Morgan fingerprint density at radius 1 is 1.14 bits per heavy atom. The van der Waals surface area contributed by atoms with Crippen LogP contribution in [0.25, 0.3) is 0 Å². The second-order valence-electron chi connectivity index (χ2n) is 6.39. The number of methoxy groups -OCH3 is 1. The molecule has 2 aliphatic heterocycles.